The Morgan fingerprint density at radius 1 is 0.634 bits per heavy atom. The molecule has 4 atom stereocenters. The highest BCUT2D eigenvalue weighted by atomic mass is 16.6. The lowest BCUT2D eigenvalue weighted by Gasteiger charge is -2.30. The van der Waals surface area contributed by atoms with E-state index in [4.69, 9.17) is 33.5 Å². The second-order valence-corrected chi connectivity index (χ2v) is 9.38. The van der Waals surface area contributed by atoms with Gasteiger partial charge < -0.3 is 58.7 Å². The Morgan fingerprint density at radius 2 is 1.02 bits per heavy atom. The van der Waals surface area contributed by atoms with Crippen LogP contribution in [0.4, 0.5) is 0 Å². The van der Waals surface area contributed by atoms with E-state index in [1.54, 1.807) is 4.90 Å². The lowest BCUT2D eigenvalue weighted by Crippen LogP contribution is -2.46. The van der Waals surface area contributed by atoms with Gasteiger partial charge >= 0.3 is 5.97 Å². The van der Waals surface area contributed by atoms with Gasteiger partial charge in [0.2, 0.25) is 0 Å². The van der Waals surface area contributed by atoms with Crippen molar-refractivity contribution < 1.29 is 63.5 Å². The first kappa shape index (κ1) is 39.7. The lowest BCUT2D eigenvalue weighted by atomic mass is 10.1. The molecule has 0 saturated carbocycles. The third-order valence-corrected chi connectivity index (χ3v) is 5.81. The number of nitrogens with zero attached hydrogens (tertiary/aromatic N) is 1. The third-order valence-electron chi connectivity index (χ3n) is 5.81. The zero-order valence-electron chi connectivity index (χ0n) is 24.5. The van der Waals surface area contributed by atoms with Crippen molar-refractivity contribution in [2.24, 2.45) is 0 Å². The van der Waals surface area contributed by atoms with Crippen molar-refractivity contribution >= 4 is 12.3 Å². The Hall–Kier alpha value is -1.30. The lowest BCUT2D eigenvalue weighted by molar-refractivity contribution is -0.138. The van der Waals surface area contributed by atoms with Gasteiger partial charge in [0.15, 0.2) is 0 Å². The molecule has 0 spiro atoms. The first-order valence-corrected chi connectivity index (χ1v) is 14.4. The van der Waals surface area contributed by atoms with Gasteiger partial charge in [0.1, 0.15) is 6.29 Å². The van der Waals surface area contributed by atoms with Crippen LogP contribution >= 0.6 is 0 Å². The number of hydrogen-bond donors (Lipinski definition) is 5. The Morgan fingerprint density at radius 3 is 1.41 bits per heavy atom. The molecule has 0 heterocycles. The quantitative estimate of drug-likeness (QED) is 0.0471. The minimum absolute atomic E-state index is 0.0109. The van der Waals surface area contributed by atoms with E-state index in [9.17, 15) is 30.0 Å². The Kier molecular flexibility index (Phi) is 27.9. The Balaban J connectivity index is 3.90. The summed E-state index contributed by atoms with van der Waals surface area (Å²) >= 11 is 0. The molecule has 0 saturated heterocycles. The van der Waals surface area contributed by atoms with Crippen LogP contribution in [0.5, 0.6) is 0 Å². The predicted octanol–water partition coefficient (Wildman–Crippen LogP) is -0.914. The van der Waals surface area contributed by atoms with E-state index in [1.807, 2.05) is 6.92 Å². The number of aliphatic hydroxyl groups is 4. The van der Waals surface area contributed by atoms with Crippen LogP contribution in [0.2, 0.25) is 0 Å². The average molecular weight is 600 g/mol. The number of carbonyl (C=O) groups excluding carboxylic acids is 1. The normalized spacial score (nSPS) is 14.7. The molecule has 0 radical (unpaired) electrons. The van der Waals surface area contributed by atoms with Crippen molar-refractivity contribution in [2.45, 2.75) is 63.4 Å². The number of aldehydes is 1. The van der Waals surface area contributed by atoms with Crippen LogP contribution in [-0.4, -0.2) is 166 Å². The number of carbonyl (C=O) groups is 2. The molecule has 244 valence electrons. The molecule has 5 N–H and O–H groups in total. The molecular formula is C27H53NO13. The molecule has 14 nitrogen and oxygen atoms in total. The minimum atomic E-state index is -1.22. The topological polar surface area (TPSA) is 194 Å². The van der Waals surface area contributed by atoms with E-state index in [0.29, 0.717) is 98.5 Å². The molecule has 0 aliphatic rings. The van der Waals surface area contributed by atoms with Gasteiger partial charge in [-0.25, -0.2) is 0 Å². The van der Waals surface area contributed by atoms with Crippen LogP contribution < -0.4 is 0 Å². The highest BCUT2D eigenvalue weighted by molar-refractivity contribution is 5.66. The van der Waals surface area contributed by atoms with Crippen molar-refractivity contribution in [1.29, 1.82) is 0 Å². The van der Waals surface area contributed by atoms with Gasteiger partial charge in [-0.05, 0) is 12.8 Å². The highest BCUT2D eigenvalue weighted by Crippen LogP contribution is 2.09. The molecule has 4 unspecified atom stereocenters. The summed E-state index contributed by atoms with van der Waals surface area (Å²) in [4.78, 5) is 22.5. The van der Waals surface area contributed by atoms with Crippen molar-refractivity contribution in [2.75, 3.05) is 98.9 Å². The van der Waals surface area contributed by atoms with E-state index in [0.717, 1.165) is 6.29 Å². The van der Waals surface area contributed by atoms with E-state index < -0.39 is 30.4 Å². The SMILES string of the molecule is CCCC(O)C(O)CN(CCOCCOCCOCCOCCOCCOCCC=O)CC(O)C(O)CCC(=O)O. The maximum atomic E-state index is 10.7. The Bertz CT molecular complexity index is 602. The number of aliphatic hydroxyl groups excluding tert-OH is 4. The molecule has 0 aromatic rings. The van der Waals surface area contributed by atoms with Crippen molar-refractivity contribution in [3.8, 4) is 0 Å². The highest BCUT2D eigenvalue weighted by Gasteiger charge is 2.24. The molecule has 0 aromatic carbocycles. The van der Waals surface area contributed by atoms with Gasteiger partial charge in [0.05, 0.1) is 104 Å². The van der Waals surface area contributed by atoms with Crippen LogP contribution in [0.1, 0.15) is 39.0 Å². The average Bonchev–Trinajstić information content (AvgIpc) is 2.94. The third kappa shape index (κ3) is 26.1. The standard InChI is InChI=1S/C27H53NO13/c1-2-4-23(30)25(32)21-28(22-26(33)24(31)5-6-27(34)35)7-10-37-12-14-39-16-18-41-20-19-40-17-15-38-13-11-36-9-3-8-29/h8,23-26,30-33H,2-7,9-22H2,1H3,(H,34,35). The summed E-state index contributed by atoms with van der Waals surface area (Å²) in [5.41, 5.74) is 0. The second kappa shape index (κ2) is 28.8. The van der Waals surface area contributed by atoms with Gasteiger partial charge in [-0.15, -0.1) is 0 Å². The molecular weight excluding hydrogens is 546 g/mol. The molecule has 0 rings (SSSR count). The molecule has 41 heavy (non-hydrogen) atoms. The fourth-order valence-corrected chi connectivity index (χ4v) is 3.51. The van der Waals surface area contributed by atoms with Crippen molar-refractivity contribution in [1.82, 2.24) is 4.90 Å². The number of carboxylic acid groups (broad SMARTS) is 1. The number of carboxylic acids is 1. The van der Waals surface area contributed by atoms with Crippen LogP contribution in [-0.2, 0) is 38.0 Å². The number of rotatable bonds is 32. The van der Waals surface area contributed by atoms with E-state index in [-0.39, 0.29) is 32.5 Å². The van der Waals surface area contributed by atoms with E-state index in [2.05, 4.69) is 0 Å². The van der Waals surface area contributed by atoms with Gasteiger partial charge in [-0.1, -0.05) is 13.3 Å². The van der Waals surface area contributed by atoms with Gasteiger partial charge in [-0.3, -0.25) is 9.69 Å². The first-order valence-electron chi connectivity index (χ1n) is 14.4. The largest absolute Gasteiger partial charge is 0.481 e. The minimum Gasteiger partial charge on any atom is -0.481 e. The van der Waals surface area contributed by atoms with E-state index in [1.165, 1.54) is 0 Å². The molecule has 0 amide bonds. The maximum absolute atomic E-state index is 10.7. The maximum Gasteiger partial charge on any atom is 0.303 e. The van der Waals surface area contributed by atoms with Crippen molar-refractivity contribution in [3.05, 3.63) is 0 Å². The van der Waals surface area contributed by atoms with Crippen LogP contribution in [0.15, 0.2) is 0 Å². The van der Waals surface area contributed by atoms with Crippen molar-refractivity contribution in [3.63, 3.8) is 0 Å². The Labute approximate surface area is 243 Å². The fourth-order valence-electron chi connectivity index (χ4n) is 3.51. The summed E-state index contributed by atoms with van der Waals surface area (Å²) in [5, 5.41) is 49.5. The molecule has 0 bridgehead atoms. The number of hydrogen-bond acceptors (Lipinski definition) is 13. The smallest absolute Gasteiger partial charge is 0.303 e. The first-order chi connectivity index (χ1) is 19.8. The van der Waals surface area contributed by atoms with Crippen LogP contribution in [0.3, 0.4) is 0 Å². The zero-order chi connectivity index (χ0) is 30.6. The molecule has 14 heteroatoms. The zero-order valence-corrected chi connectivity index (χ0v) is 24.5. The van der Waals surface area contributed by atoms with Gasteiger partial charge in [0.25, 0.3) is 0 Å². The van der Waals surface area contributed by atoms with Crippen LogP contribution in [0, 0.1) is 0 Å². The van der Waals surface area contributed by atoms with E-state index >= 15 is 0 Å². The fraction of sp³-hybridized carbons (Fsp3) is 0.926. The van der Waals surface area contributed by atoms with Gasteiger partial charge in [0, 0.05) is 32.5 Å². The number of aliphatic carboxylic acids is 1. The summed E-state index contributed by atoms with van der Waals surface area (Å²) in [5.74, 6) is -1.06. The molecule has 0 aliphatic heterocycles. The second-order valence-electron chi connectivity index (χ2n) is 9.38. The number of ether oxygens (including phenoxy) is 6. The van der Waals surface area contributed by atoms with Gasteiger partial charge in [-0.2, -0.15) is 0 Å². The molecule has 0 fully saturated rings. The monoisotopic (exact) mass is 599 g/mol. The molecule has 0 aromatic heterocycles. The summed E-state index contributed by atoms with van der Waals surface area (Å²) in [6, 6.07) is 0. The predicted molar refractivity (Wildman–Crippen MR) is 148 cm³/mol. The van der Waals surface area contributed by atoms with Crippen LogP contribution in [0.25, 0.3) is 0 Å². The summed E-state index contributed by atoms with van der Waals surface area (Å²) in [7, 11) is 0. The summed E-state index contributed by atoms with van der Waals surface area (Å²) in [6.07, 6.45) is -2.40. The molecule has 0 aliphatic carbocycles. The summed E-state index contributed by atoms with van der Waals surface area (Å²) < 4.78 is 32.4. The summed E-state index contributed by atoms with van der Waals surface area (Å²) in [6.45, 7) is 7.09.